The number of rotatable bonds is 4. The van der Waals surface area contributed by atoms with Gasteiger partial charge in [0.05, 0.1) is 11.6 Å². The van der Waals surface area contributed by atoms with Crippen LogP contribution in [0.3, 0.4) is 0 Å². The van der Waals surface area contributed by atoms with Crippen molar-refractivity contribution < 1.29 is 9.53 Å². The van der Waals surface area contributed by atoms with E-state index in [4.69, 9.17) is 4.74 Å². The molecule has 122 valence electrons. The molecule has 0 atom stereocenters. The van der Waals surface area contributed by atoms with Crippen LogP contribution in [0, 0.1) is 25.2 Å². The molecule has 0 saturated heterocycles. The van der Waals surface area contributed by atoms with Crippen LogP contribution in [0.25, 0.3) is 6.08 Å². The maximum absolute atomic E-state index is 12.3. The molecule has 0 unspecified atom stereocenters. The van der Waals surface area contributed by atoms with Crippen molar-refractivity contribution in [1.29, 1.82) is 5.26 Å². The van der Waals surface area contributed by atoms with E-state index in [1.165, 1.54) is 0 Å². The maximum atomic E-state index is 12.3. The van der Waals surface area contributed by atoms with E-state index in [9.17, 15) is 10.1 Å². The van der Waals surface area contributed by atoms with E-state index in [0.29, 0.717) is 11.4 Å². The molecule has 0 aliphatic carbocycles. The molecule has 2 aromatic carbocycles. The third-order valence-electron chi connectivity index (χ3n) is 3.33. The Hall–Kier alpha value is -2.58. The second-order valence-corrected chi connectivity index (χ2v) is 6.25. The highest BCUT2D eigenvalue weighted by Gasteiger charge is 2.10. The number of nitrogens with zero attached hydrogens (tertiary/aromatic N) is 1. The number of carbonyl (C=O) groups excluding carboxylic acids is 1. The first-order valence-corrected chi connectivity index (χ1v) is 8.07. The zero-order valence-electron chi connectivity index (χ0n) is 13.7. The third kappa shape index (κ3) is 4.46. The fourth-order valence-corrected chi connectivity index (χ4v) is 2.89. The van der Waals surface area contributed by atoms with Gasteiger partial charge in [0.1, 0.15) is 17.4 Å². The fraction of sp³-hybridized carbons (Fsp3) is 0.158. The molecule has 0 fully saturated rings. The Morgan fingerprint density at radius 3 is 2.42 bits per heavy atom. The van der Waals surface area contributed by atoms with Gasteiger partial charge < -0.3 is 10.1 Å². The molecule has 24 heavy (non-hydrogen) atoms. The Kier molecular flexibility index (Phi) is 5.78. The fourth-order valence-electron chi connectivity index (χ4n) is 2.33. The molecular weight excluding hydrogens is 368 g/mol. The molecule has 2 aromatic rings. The number of carbonyl (C=O) groups is 1. The van der Waals surface area contributed by atoms with Crippen LogP contribution in [0.4, 0.5) is 5.69 Å². The summed E-state index contributed by atoms with van der Waals surface area (Å²) in [7, 11) is 1.58. The van der Waals surface area contributed by atoms with Gasteiger partial charge in [-0.15, -0.1) is 0 Å². The number of methoxy groups -OCH3 is 1. The molecule has 4 nitrogen and oxygen atoms in total. The summed E-state index contributed by atoms with van der Waals surface area (Å²) in [6.45, 7) is 3.91. The second-order valence-electron chi connectivity index (χ2n) is 5.39. The minimum atomic E-state index is -0.436. The first-order valence-electron chi connectivity index (χ1n) is 7.28. The summed E-state index contributed by atoms with van der Waals surface area (Å²) in [5.41, 5.74) is 3.54. The molecule has 0 aromatic heterocycles. The number of halogens is 1. The van der Waals surface area contributed by atoms with Gasteiger partial charge in [0, 0.05) is 5.69 Å². The van der Waals surface area contributed by atoms with Crippen molar-refractivity contribution in [1.82, 2.24) is 0 Å². The molecule has 0 radical (unpaired) electrons. The smallest absolute Gasteiger partial charge is 0.266 e. The van der Waals surface area contributed by atoms with Crippen LogP contribution >= 0.6 is 15.9 Å². The molecule has 0 saturated carbocycles. The Bertz CT molecular complexity index is 831. The third-order valence-corrected chi connectivity index (χ3v) is 3.95. The summed E-state index contributed by atoms with van der Waals surface area (Å²) in [5.74, 6) is 0.250. The quantitative estimate of drug-likeness (QED) is 0.617. The number of ether oxygens (including phenoxy) is 1. The maximum Gasteiger partial charge on any atom is 0.266 e. The number of nitrogens with one attached hydrogen (secondary N) is 1. The Balaban J connectivity index is 2.25. The number of aryl methyl sites for hydroxylation is 2. The van der Waals surface area contributed by atoms with Crippen molar-refractivity contribution >= 4 is 33.6 Å². The van der Waals surface area contributed by atoms with Crippen molar-refractivity contribution in [3.63, 3.8) is 0 Å². The topological polar surface area (TPSA) is 62.1 Å². The van der Waals surface area contributed by atoms with Gasteiger partial charge in [-0.2, -0.15) is 5.26 Å². The summed E-state index contributed by atoms with van der Waals surface area (Å²) < 4.78 is 5.92. The van der Waals surface area contributed by atoms with E-state index in [0.717, 1.165) is 21.2 Å². The van der Waals surface area contributed by atoms with Gasteiger partial charge in [-0.25, -0.2) is 0 Å². The minimum absolute atomic E-state index is 0.0335. The lowest BCUT2D eigenvalue weighted by Gasteiger charge is -2.07. The molecule has 1 amide bonds. The summed E-state index contributed by atoms with van der Waals surface area (Å²) in [5, 5.41) is 12.1. The SMILES string of the molecule is COc1ccc(/C=C(\C#N)C(=O)Nc2cc(C)cc(C)c2)cc1Br. The van der Waals surface area contributed by atoms with Gasteiger partial charge in [0.2, 0.25) is 0 Å². The number of benzene rings is 2. The minimum Gasteiger partial charge on any atom is -0.496 e. The van der Waals surface area contributed by atoms with Crippen molar-refractivity contribution in [2.45, 2.75) is 13.8 Å². The molecule has 0 bridgehead atoms. The number of hydrogen-bond acceptors (Lipinski definition) is 3. The van der Waals surface area contributed by atoms with E-state index < -0.39 is 5.91 Å². The van der Waals surface area contributed by atoms with E-state index in [2.05, 4.69) is 21.2 Å². The highest BCUT2D eigenvalue weighted by atomic mass is 79.9. The van der Waals surface area contributed by atoms with Gasteiger partial charge in [-0.1, -0.05) is 12.1 Å². The monoisotopic (exact) mass is 384 g/mol. The van der Waals surface area contributed by atoms with E-state index in [-0.39, 0.29) is 5.57 Å². The predicted molar refractivity (Wildman–Crippen MR) is 98.8 cm³/mol. The molecule has 0 spiro atoms. The Labute approximate surface area is 149 Å². The second kappa shape index (κ2) is 7.80. The predicted octanol–water partition coefficient (Wildman–Crippen LogP) is 4.62. The summed E-state index contributed by atoms with van der Waals surface area (Å²) in [6.07, 6.45) is 1.54. The molecule has 0 aliphatic rings. The van der Waals surface area contributed by atoms with Crippen molar-refractivity contribution in [3.05, 3.63) is 63.1 Å². The lowest BCUT2D eigenvalue weighted by molar-refractivity contribution is -0.112. The molecule has 2 rings (SSSR count). The van der Waals surface area contributed by atoms with Crippen LogP contribution in [0.1, 0.15) is 16.7 Å². The number of amides is 1. The van der Waals surface area contributed by atoms with Crippen molar-refractivity contribution in [2.75, 3.05) is 12.4 Å². The summed E-state index contributed by atoms with van der Waals surface area (Å²) in [6, 6.07) is 13.0. The standard InChI is InChI=1S/C19H17BrN2O2/c1-12-6-13(2)8-16(7-12)22-19(23)15(11-21)9-14-4-5-18(24-3)17(20)10-14/h4-10H,1-3H3,(H,22,23)/b15-9+. The number of nitriles is 1. The Morgan fingerprint density at radius 2 is 1.88 bits per heavy atom. The van der Waals surface area contributed by atoms with Crippen molar-refractivity contribution in [3.8, 4) is 11.8 Å². The molecule has 0 aliphatic heterocycles. The number of hydrogen-bond donors (Lipinski definition) is 1. The molecular formula is C19H17BrN2O2. The lowest BCUT2D eigenvalue weighted by Crippen LogP contribution is -2.13. The highest BCUT2D eigenvalue weighted by molar-refractivity contribution is 9.10. The summed E-state index contributed by atoms with van der Waals surface area (Å²) in [4.78, 5) is 12.3. The normalized spacial score (nSPS) is 10.9. The first-order chi connectivity index (χ1) is 11.4. The van der Waals surface area contributed by atoms with Crippen LogP contribution < -0.4 is 10.1 Å². The molecule has 5 heteroatoms. The van der Waals surface area contributed by atoms with Crippen LogP contribution in [0.2, 0.25) is 0 Å². The van der Waals surface area contributed by atoms with Crippen LogP contribution in [0.15, 0.2) is 46.4 Å². The number of anilines is 1. The van der Waals surface area contributed by atoms with Gasteiger partial charge in [0.15, 0.2) is 0 Å². The van der Waals surface area contributed by atoms with Gasteiger partial charge >= 0.3 is 0 Å². The highest BCUT2D eigenvalue weighted by Crippen LogP contribution is 2.26. The molecule has 0 heterocycles. The molecule has 1 N–H and O–H groups in total. The average Bonchev–Trinajstić information content (AvgIpc) is 2.51. The van der Waals surface area contributed by atoms with Gasteiger partial charge in [-0.05, 0) is 76.8 Å². The average molecular weight is 385 g/mol. The zero-order valence-corrected chi connectivity index (χ0v) is 15.3. The van der Waals surface area contributed by atoms with Gasteiger partial charge in [-0.3, -0.25) is 4.79 Å². The van der Waals surface area contributed by atoms with Crippen LogP contribution in [-0.2, 0) is 4.79 Å². The first kappa shape index (κ1) is 17.8. The lowest BCUT2D eigenvalue weighted by atomic mass is 10.1. The summed E-state index contributed by atoms with van der Waals surface area (Å²) >= 11 is 3.39. The zero-order chi connectivity index (χ0) is 17.7. The van der Waals surface area contributed by atoms with Crippen LogP contribution in [0.5, 0.6) is 5.75 Å². The van der Waals surface area contributed by atoms with E-state index in [1.807, 2.05) is 38.1 Å². The van der Waals surface area contributed by atoms with E-state index in [1.54, 1.807) is 31.4 Å². The largest absolute Gasteiger partial charge is 0.496 e. The van der Waals surface area contributed by atoms with Crippen molar-refractivity contribution in [2.24, 2.45) is 0 Å². The van der Waals surface area contributed by atoms with E-state index >= 15 is 0 Å². The van der Waals surface area contributed by atoms with Crippen LogP contribution in [-0.4, -0.2) is 13.0 Å². The Morgan fingerprint density at radius 1 is 1.21 bits per heavy atom. The van der Waals surface area contributed by atoms with Gasteiger partial charge in [0.25, 0.3) is 5.91 Å².